The third kappa shape index (κ3) is 5.01. The van der Waals surface area contributed by atoms with Gasteiger partial charge in [-0.1, -0.05) is 31.9 Å². The van der Waals surface area contributed by atoms with Crippen LogP contribution >= 0.6 is 0 Å². The minimum absolute atomic E-state index is 0.251. The van der Waals surface area contributed by atoms with Gasteiger partial charge in [-0.05, 0) is 56.5 Å². The minimum atomic E-state index is -0.399. The molecule has 0 aliphatic carbocycles. The Labute approximate surface area is 128 Å². The summed E-state index contributed by atoms with van der Waals surface area (Å²) in [5.74, 6) is 1.12. The molecule has 1 saturated heterocycles. The molecule has 0 bridgehead atoms. The summed E-state index contributed by atoms with van der Waals surface area (Å²) in [6.45, 7) is 8.14. The highest BCUT2D eigenvalue weighted by molar-refractivity contribution is 5.28. The molecule has 118 valence electrons. The molecule has 2 atom stereocenters. The molecule has 0 aromatic heterocycles. The molecule has 3 heteroatoms. The van der Waals surface area contributed by atoms with Gasteiger partial charge in [0.15, 0.2) is 0 Å². The second-order valence-corrected chi connectivity index (χ2v) is 6.14. The van der Waals surface area contributed by atoms with Crippen molar-refractivity contribution in [3.63, 3.8) is 0 Å². The monoisotopic (exact) mass is 291 g/mol. The Bertz CT molecular complexity index is 396. The van der Waals surface area contributed by atoms with Crippen molar-refractivity contribution < 1.29 is 9.84 Å². The third-order valence-corrected chi connectivity index (χ3v) is 4.32. The highest BCUT2D eigenvalue weighted by atomic mass is 16.5. The van der Waals surface area contributed by atoms with Crippen LogP contribution in [0.15, 0.2) is 24.3 Å². The SMILES string of the molecule is CCOc1ccc([C@@H](O)[C@@H](C)CN2CCCCCC2)cc1. The summed E-state index contributed by atoms with van der Waals surface area (Å²) < 4.78 is 5.45. The Kier molecular flexibility index (Phi) is 6.52. The molecule has 0 spiro atoms. The van der Waals surface area contributed by atoms with E-state index in [1.54, 1.807) is 0 Å². The van der Waals surface area contributed by atoms with E-state index in [1.807, 2.05) is 31.2 Å². The van der Waals surface area contributed by atoms with Gasteiger partial charge in [-0.15, -0.1) is 0 Å². The molecular formula is C18H29NO2. The van der Waals surface area contributed by atoms with E-state index in [9.17, 15) is 5.11 Å². The first kappa shape index (κ1) is 16.3. The van der Waals surface area contributed by atoms with Crippen molar-refractivity contribution in [2.45, 2.75) is 45.6 Å². The molecule has 1 heterocycles. The van der Waals surface area contributed by atoms with E-state index in [0.717, 1.165) is 17.9 Å². The number of ether oxygens (including phenoxy) is 1. The van der Waals surface area contributed by atoms with E-state index in [2.05, 4.69) is 11.8 Å². The standard InChI is InChI=1S/C18H29NO2/c1-3-21-17-10-8-16(9-11-17)18(20)15(2)14-19-12-6-4-5-7-13-19/h8-11,15,18,20H,3-7,12-14H2,1-2H3/t15-,18-/m0/s1. The summed E-state index contributed by atoms with van der Waals surface area (Å²) in [5.41, 5.74) is 0.987. The molecule has 0 unspecified atom stereocenters. The average Bonchev–Trinajstić information content (AvgIpc) is 2.76. The summed E-state index contributed by atoms with van der Waals surface area (Å²) in [6, 6.07) is 7.85. The van der Waals surface area contributed by atoms with Gasteiger partial charge >= 0.3 is 0 Å². The molecule has 2 rings (SSSR count). The second-order valence-electron chi connectivity index (χ2n) is 6.14. The van der Waals surface area contributed by atoms with Crippen molar-refractivity contribution in [3.05, 3.63) is 29.8 Å². The predicted octanol–water partition coefficient (Wildman–Crippen LogP) is 3.63. The molecule has 0 saturated carbocycles. The van der Waals surface area contributed by atoms with Crippen LogP contribution in [0, 0.1) is 5.92 Å². The molecule has 1 aliphatic rings. The largest absolute Gasteiger partial charge is 0.494 e. The normalized spacial score (nSPS) is 19.8. The number of likely N-dealkylation sites (tertiary alicyclic amines) is 1. The van der Waals surface area contributed by atoms with Crippen molar-refractivity contribution in [2.75, 3.05) is 26.2 Å². The number of nitrogens with zero attached hydrogens (tertiary/aromatic N) is 1. The fourth-order valence-corrected chi connectivity index (χ4v) is 3.08. The smallest absolute Gasteiger partial charge is 0.119 e. The number of hydrogen-bond donors (Lipinski definition) is 1. The lowest BCUT2D eigenvalue weighted by Gasteiger charge is -2.27. The Balaban J connectivity index is 1.89. The zero-order chi connectivity index (χ0) is 15.1. The molecule has 1 aliphatic heterocycles. The summed E-state index contributed by atoms with van der Waals surface area (Å²) >= 11 is 0. The van der Waals surface area contributed by atoms with Crippen LogP contribution in [-0.4, -0.2) is 36.2 Å². The van der Waals surface area contributed by atoms with E-state index in [1.165, 1.54) is 38.8 Å². The van der Waals surface area contributed by atoms with Gasteiger partial charge in [0, 0.05) is 6.54 Å². The van der Waals surface area contributed by atoms with Crippen LogP contribution in [0.3, 0.4) is 0 Å². The molecular weight excluding hydrogens is 262 g/mol. The fraction of sp³-hybridized carbons (Fsp3) is 0.667. The van der Waals surface area contributed by atoms with E-state index in [-0.39, 0.29) is 5.92 Å². The van der Waals surface area contributed by atoms with E-state index < -0.39 is 6.10 Å². The van der Waals surface area contributed by atoms with Gasteiger partial charge in [0.05, 0.1) is 12.7 Å². The highest BCUT2D eigenvalue weighted by Gasteiger charge is 2.20. The lowest BCUT2D eigenvalue weighted by atomic mass is 9.96. The van der Waals surface area contributed by atoms with Gasteiger partial charge in [-0.25, -0.2) is 0 Å². The first-order valence-corrected chi connectivity index (χ1v) is 8.34. The van der Waals surface area contributed by atoms with Crippen molar-refractivity contribution in [1.82, 2.24) is 4.90 Å². The maximum atomic E-state index is 10.5. The van der Waals surface area contributed by atoms with Crippen LogP contribution in [-0.2, 0) is 0 Å². The average molecular weight is 291 g/mol. The van der Waals surface area contributed by atoms with Gasteiger partial charge in [0.1, 0.15) is 5.75 Å². The highest BCUT2D eigenvalue weighted by Crippen LogP contribution is 2.25. The van der Waals surface area contributed by atoms with Crippen LogP contribution in [0.1, 0.15) is 51.2 Å². The van der Waals surface area contributed by atoms with Crippen LogP contribution in [0.25, 0.3) is 0 Å². The maximum absolute atomic E-state index is 10.5. The van der Waals surface area contributed by atoms with Crippen molar-refractivity contribution >= 4 is 0 Å². The number of hydrogen-bond acceptors (Lipinski definition) is 3. The lowest BCUT2D eigenvalue weighted by molar-refractivity contribution is 0.0890. The number of rotatable bonds is 6. The van der Waals surface area contributed by atoms with E-state index in [0.29, 0.717) is 6.61 Å². The van der Waals surface area contributed by atoms with Gasteiger partial charge in [0.2, 0.25) is 0 Å². The summed E-state index contributed by atoms with van der Waals surface area (Å²) in [7, 11) is 0. The Hall–Kier alpha value is -1.06. The lowest BCUT2D eigenvalue weighted by Crippen LogP contribution is -2.31. The third-order valence-electron chi connectivity index (χ3n) is 4.32. The quantitative estimate of drug-likeness (QED) is 0.868. The molecule has 0 radical (unpaired) electrons. The first-order chi connectivity index (χ1) is 10.2. The van der Waals surface area contributed by atoms with Crippen molar-refractivity contribution in [3.8, 4) is 5.75 Å². The first-order valence-electron chi connectivity index (χ1n) is 8.34. The van der Waals surface area contributed by atoms with Crippen LogP contribution < -0.4 is 4.74 Å². The van der Waals surface area contributed by atoms with E-state index in [4.69, 9.17) is 4.74 Å². The van der Waals surface area contributed by atoms with Crippen molar-refractivity contribution in [1.29, 1.82) is 0 Å². The summed E-state index contributed by atoms with van der Waals surface area (Å²) in [4.78, 5) is 2.51. The molecule has 1 N–H and O–H groups in total. The van der Waals surface area contributed by atoms with Crippen molar-refractivity contribution in [2.24, 2.45) is 5.92 Å². The summed E-state index contributed by atoms with van der Waals surface area (Å²) in [5, 5.41) is 10.5. The van der Waals surface area contributed by atoms with Gasteiger partial charge < -0.3 is 14.7 Å². The van der Waals surface area contributed by atoms with Gasteiger partial charge in [-0.2, -0.15) is 0 Å². The molecule has 21 heavy (non-hydrogen) atoms. The topological polar surface area (TPSA) is 32.7 Å². The second kappa shape index (κ2) is 8.40. The Morgan fingerprint density at radius 1 is 1.10 bits per heavy atom. The van der Waals surface area contributed by atoms with Gasteiger partial charge in [0.25, 0.3) is 0 Å². The molecule has 1 fully saturated rings. The van der Waals surface area contributed by atoms with Gasteiger partial charge in [-0.3, -0.25) is 0 Å². The zero-order valence-electron chi connectivity index (χ0n) is 13.4. The van der Waals surface area contributed by atoms with Crippen LogP contribution in [0.2, 0.25) is 0 Å². The molecule has 3 nitrogen and oxygen atoms in total. The number of aliphatic hydroxyl groups excluding tert-OH is 1. The number of aliphatic hydroxyl groups is 1. The Morgan fingerprint density at radius 2 is 1.71 bits per heavy atom. The van der Waals surface area contributed by atoms with Crippen LogP contribution in [0.4, 0.5) is 0 Å². The predicted molar refractivity (Wildman–Crippen MR) is 86.6 cm³/mol. The summed E-state index contributed by atoms with van der Waals surface area (Å²) in [6.07, 6.45) is 4.90. The number of benzene rings is 1. The van der Waals surface area contributed by atoms with E-state index >= 15 is 0 Å². The minimum Gasteiger partial charge on any atom is -0.494 e. The fourth-order valence-electron chi connectivity index (χ4n) is 3.08. The zero-order valence-corrected chi connectivity index (χ0v) is 13.4. The van der Waals surface area contributed by atoms with Crippen LogP contribution in [0.5, 0.6) is 5.75 Å². The molecule has 0 amide bonds. The Morgan fingerprint density at radius 3 is 2.29 bits per heavy atom. The molecule has 1 aromatic carbocycles. The molecule has 1 aromatic rings. The maximum Gasteiger partial charge on any atom is 0.119 e.